The van der Waals surface area contributed by atoms with Gasteiger partial charge in [0, 0.05) is 11.1 Å². The van der Waals surface area contributed by atoms with Gasteiger partial charge in [-0.15, -0.1) is 0 Å². The minimum atomic E-state index is -1.35. The third-order valence-corrected chi connectivity index (χ3v) is 5.53. The standard InChI is InChI=1S/C20H24O4P/c1-4-5-13-25(22)14-15-9-6-7-10-16(15)19(21)17-11-8-12-18(23-2)20(17)24-3/h6-12H,4-5,13-14H2,1-3H3/q+1. The Labute approximate surface area is 150 Å². The largest absolute Gasteiger partial charge is 0.493 e. The summed E-state index contributed by atoms with van der Waals surface area (Å²) in [6.45, 7) is 2.08. The summed E-state index contributed by atoms with van der Waals surface area (Å²) in [7, 11) is 1.70. The maximum atomic E-state index is 13.1. The van der Waals surface area contributed by atoms with Crippen molar-refractivity contribution in [2.75, 3.05) is 20.4 Å². The minimum absolute atomic E-state index is 0.148. The number of hydrogen-bond acceptors (Lipinski definition) is 4. The lowest BCUT2D eigenvalue weighted by Gasteiger charge is -2.12. The molecule has 2 rings (SSSR count). The van der Waals surface area contributed by atoms with Gasteiger partial charge in [-0.1, -0.05) is 48.2 Å². The molecule has 0 aromatic heterocycles. The van der Waals surface area contributed by atoms with Crippen LogP contribution in [0.1, 0.15) is 41.3 Å². The number of carbonyl (C=O) groups excluding carboxylic acids is 1. The van der Waals surface area contributed by atoms with E-state index >= 15 is 0 Å². The molecule has 0 saturated carbocycles. The minimum Gasteiger partial charge on any atom is -0.493 e. The highest BCUT2D eigenvalue weighted by atomic mass is 31.1. The van der Waals surface area contributed by atoms with Gasteiger partial charge in [-0.3, -0.25) is 4.79 Å². The first-order valence-electron chi connectivity index (χ1n) is 8.38. The van der Waals surface area contributed by atoms with E-state index in [1.807, 2.05) is 18.2 Å². The molecule has 132 valence electrons. The summed E-state index contributed by atoms with van der Waals surface area (Å²) >= 11 is 0. The fourth-order valence-corrected chi connectivity index (χ4v) is 4.18. The molecule has 2 aromatic carbocycles. The molecule has 2 aromatic rings. The number of unbranched alkanes of at least 4 members (excludes halogenated alkanes) is 1. The van der Waals surface area contributed by atoms with E-state index in [4.69, 9.17) is 9.47 Å². The molecule has 0 amide bonds. The lowest BCUT2D eigenvalue weighted by atomic mass is 9.98. The van der Waals surface area contributed by atoms with Gasteiger partial charge in [-0.25, -0.2) is 0 Å². The van der Waals surface area contributed by atoms with Crippen molar-refractivity contribution in [1.82, 2.24) is 0 Å². The summed E-state index contributed by atoms with van der Waals surface area (Å²) in [6, 6.07) is 12.6. The predicted octanol–water partition coefficient (Wildman–Crippen LogP) is 5.06. The summed E-state index contributed by atoms with van der Waals surface area (Å²) in [4.78, 5) is 13.1. The normalized spacial score (nSPS) is 11.1. The van der Waals surface area contributed by atoms with E-state index in [0.717, 1.165) is 18.4 Å². The van der Waals surface area contributed by atoms with Crippen LogP contribution in [0.2, 0.25) is 0 Å². The van der Waals surface area contributed by atoms with Gasteiger partial charge in [-0.2, -0.15) is 0 Å². The molecule has 0 aliphatic rings. The van der Waals surface area contributed by atoms with E-state index in [1.54, 1.807) is 31.4 Å². The number of ether oxygens (including phenoxy) is 2. The van der Waals surface area contributed by atoms with E-state index < -0.39 is 7.80 Å². The molecule has 1 atom stereocenters. The molecular weight excluding hydrogens is 335 g/mol. The van der Waals surface area contributed by atoms with Crippen LogP contribution in [0.25, 0.3) is 0 Å². The molecule has 25 heavy (non-hydrogen) atoms. The highest BCUT2D eigenvalue weighted by Crippen LogP contribution is 2.34. The third kappa shape index (κ3) is 4.67. The lowest BCUT2D eigenvalue weighted by Crippen LogP contribution is -2.08. The van der Waals surface area contributed by atoms with Gasteiger partial charge in [0.15, 0.2) is 23.4 Å². The third-order valence-electron chi connectivity index (χ3n) is 4.02. The van der Waals surface area contributed by atoms with Crippen LogP contribution >= 0.6 is 7.80 Å². The molecule has 0 saturated heterocycles. The Morgan fingerprint density at radius 2 is 1.72 bits per heavy atom. The highest BCUT2D eigenvalue weighted by Gasteiger charge is 2.24. The Balaban J connectivity index is 2.36. The van der Waals surface area contributed by atoms with Crippen molar-refractivity contribution >= 4 is 13.6 Å². The van der Waals surface area contributed by atoms with Gasteiger partial charge >= 0.3 is 7.80 Å². The van der Waals surface area contributed by atoms with Crippen LogP contribution < -0.4 is 9.47 Å². The number of methoxy groups -OCH3 is 2. The second kappa shape index (κ2) is 9.33. The number of ketones is 1. The van der Waals surface area contributed by atoms with E-state index in [0.29, 0.717) is 34.9 Å². The molecule has 0 fully saturated rings. The van der Waals surface area contributed by atoms with Gasteiger partial charge < -0.3 is 9.47 Å². The maximum Gasteiger partial charge on any atom is 0.343 e. The van der Waals surface area contributed by atoms with Crippen LogP contribution in [0, 0.1) is 0 Å². The fourth-order valence-electron chi connectivity index (χ4n) is 2.69. The van der Waals surface area contributed by atoms with E-state index in [-0.39, 0.29) is 5.78 Å². The second-order valence-electron chi connectivity index (χ2n) is 5.74. The average Bonchev–Trinajstić information content (AvgIpc) is 2.65. The van der Waals surface area contributed by atoms with Crippen LogP contribution in [0.4, 0.5) is 0 Å². The van der Waals surface area contributed by atoms with Gasteiger partial charge in [0.1, 0.15) is 6.16 Å². The molecule has 0 heterocycles. The van der Waals surface area contributed by atoms with Crippen molar-refractivity contribution in [3.8, 4) is 11.5 Å². The van der Waals surface area contributed by atoms with Gasteiger partial charge in [0.2, 0.25) is 0 Å². The molecule has 0 bridgehead atoms. The molecule has 0 aliphatic heterocycles. The number of benzene rings is 2. The van der Waals surface area contributed by atoms with Crippen molar-refractivity contribution in [3.05, 3.63) is 59.2 Å². The second-order valence-corrected chi connectivity index (χ2v) is 7.47. The van der Waals surface area contributed by atoms with E-state index in [1.165, 1.54) is 7.11 Å². The Kier molecular flexibility index (Phi) is 7.15. The molecule has 0 spiro atoms. The number of para-hydroxylation sites is 1. The number of hydrogen-bond donors (Lipinski definition) is 0. The summed E-state index contributed by atoms with van der Waals surface area (Å²) < 4.78 is 23.0. The highest BCUT2D eigenvalue weighted by molar-refractivity contribution is 7.43. The Morgan fingerprint density at radius 3 is 2.40 bits per heavy atom. The summed E-state index contributed by atoms with van der Waals surface area (Å²) in [6.07, 6.45) is 3.07. The summed E-state index contributed by atoms with van der Waals surface area (Å²) in [5, 5.41) is 0. The first-order valence-corrected chi connectivity index (χ1v) is 10.0. The first-order chi connectivity index (χ1) is 12.1. The fraction of sp³-hybridized carbons (Fsp3) is 0.350. The topological polar surface area (TPSA) is 52.6 Å². The van der Waals surface area contributed by atoms with Crippen LogP contribution in [0.5, 0.6) is 11.5 Å². The van der Waals surface area contributed by atoms with Crippen LogP contribution in [0.15, 0.2) is 42.5 Å². The van der Waals surface area contributed by atoms with Crippen molar-refractivity contribution in [2.24, 2.45) is 0 Å². The van der Waals surface area contributed by atoms with Gasteiger partial charge in [-0.05, 0) is 18.6 Å². The van der Waals surface area contributed by atoms with E-state index in [9.17, 15) is 9.36 Å². The Hall–Kier alpha value is -2.19. The van der Waals surface area contributed by atoms with Crippen molar-refractivity contribution in [2.45, 2.75) is 25.9 Å². The average molecular weight is 359 g/mol. The smallest absolute Gasteiger partial charge is 0.343 e. The number of carbonyl (C=O) groups is 1. The van der Waals surface area contributed by atoms with Crippen molar-refractivity contribution in [3.63, 3.8) is 0 Å². The van der Waals surface area contributed by atoms with Crippen LogP contribution in [0.3, 0.4) is 0 Å². The van der Waals surface area contributed by atoms with Gasteiger partial charge in [0.05, 0.1) is 19.8 Å². The molecule has 5 heteroatoms. The molecule has 1 unspecified atom stereocenters. The predicted molar refractivity (Wildman–Crippen MR) is 101 cm³/mol. The van der Waals surface area contributed by atoms with Gasteiger partial charge in [0.25, 0.3) is 0 Å². The SMILES string of the molecule is CCCC[P+](=O)Cc1ccccc1C(=O)c1cccc(OC)c1OC. The molecule has 0 N–H and O–H groups in total. The zero-order valence-corrected chi connectivity index (χ0v) is 15.8. The van der Waals surface area contributed by atoms with Crippen LogP contribution in [-0.2, 0) is 10.7 Å². The zero-order chi connectivity index (χ0) is 18.2. The molecule has 0 radical (unpaired) electrons. The first kappa shape index (κ1) is 19.1. The van der Waals surface area contributed by atoms with Crippen molar-refractivity contribution in [1.29, 1.82) is 0 Å². The molecule has 0 aliphatic carbocycles. The molecular formula is C20H24O4P+. The van der Waals surface area contributed by atoms with E-state index in [2.05, 4.69) is 6.92 Å². The lowest BCUT2D eigenvalue weighted by molar-refractivity contribution is 0.103. The monoisotopic (exact) mass is 359 g/mol. The quantitative estimate of drug-likeness (QED) is 0.464. The zero-order valence-electron chi connectivity index (χ0n) is 15.0. The Morgan fingerprint density at radius 1 is 1.00 bits per heavy atom. The summed E-state index contributed by atoms with van der Waals surface area (Å²) in [5.41, 5.74) is 1.82. The summed E-state index contributed by atoms with van der Waals surface area (Å²) in [5.74, 6) is 0.783. The Bertz CT molecular complexity index is 755. The number of rotatable bonds is 9. The van der Waals surface area contributed by atoms with Crippen LogP contribution in [-0.4, -0.2) is 26.2 Å². The van der Waals surface area contributed by atoms with Crippen molar-refractivity contribution < 1.29 is 18.8 Å². The molecule has 4 nitrogen and oxygen atoms in total. The maximum absolute atomic E-state index is 13.1.